The normalized spacial score (nSPS) is 18.4. The predicted octanol–water partition coefficient (Wildman–Crippen LogP) is 4.15. The van der Waals surface area contributed by atoms with Crippen molar-refractivity contribution in [1.82, 2.24) is 9.80 Å². The Morgan fingerprint density at radius 2 is 1.96 bits per heavy atom. The Morgan fingerprint density at radius 3 is 2.52 bits per heavy atom. The second-order valence-corrected chi connectivity index (χ2v) is 6.94. The summed E-state index contributed by atoms with van der Waals surface area (Å²) in [5, 5.41) is -0.430. The predicted molar refractivity (Wildman–Crippen MR) is 90.7 cm³/mol. The molecule has 1 fully saturated rings. The number of benzene rings is 1. The van der Waals surface area contributed by atoms with Crippen molar-refractivity contribution in [2.24, 2.45) is 0 Å². The Bertz CT molecular complexity index is 605. The standard InChI is InChI=1S/C17H22F4N2OS/c1-3-22(4-2)8-5-9-23-15(24)11-25-16(23)12-6-7-13(14(18)10-12)17(19,20)21/h6-7,10,16H,3-5,8-9,11H2,1-2H3. The molecule has 1 atom stereocenters. The Kier molecular flexibility index (Phi) is 6.73. The first kappa shape index (κ1) is 20.0. The van der Waals surface area contributed by atoms with Crippen molar-refractivity contribution in [3.8, 4) is 0 Å². The van der Waals surface area contributed by atoms with E-state index in [1.165, 1.54) is 17.8 Å². The molecule has 1 aromatic carbocycles. The summed E-state index contributed by atoms with van der Waals surface area (Å²) in [5.41, 5.74) is -0.886. The van der Waals surface area contributed by atoms with Crippen molar-refractivity contribution in [2.45, 2.75) is 31.8 Å². The third-order valence-corrected chi connectivity index (χ3v) is 5.58. The fourth-order valence-electron chi connectivity index (χ4n) is 2.89. The van der Waals surface area contributed by atoms with E-state index >= 15 is 0 Å². The van der Waals surface area contributed by atoms with Gasteiger partial charge in [-0.15, -0.1) is 11.8 Å². The maximum Gasteiger partial charge on any atom is 0.419 e. The van der Waals surface area contributed by atoms with Gasteiger partial charge >= 0.3 is 6.18 Å². The van der Waals surface area contributed by atoms with Gasteiger partial charge in [-0.1, -0.05) is 19.9 Å². The van der Waals surface area contributed by atoms with Gasteiger partial charge in [0.05, 0.1) is 11.3 Å². The number of halogens is 4. The Balaban J connectivity index is 2.09. The summed E-state index contributed by atoms with van der Waals surface area (Å²) >= 11 is 1.32. The van der Waals surface area contributed by atoms with E-state index in [0.29, 0.717) is 12.1 Å². The smallest absolute Gasteiger partial charge is 0.326 e. The fourth-order valence-corrected chi connectivity index (χ4v) is 4.10. The maximum absolute atomic E-state index is 13.8. The van der Waals surface area contributed by atoms with Crippen molar-refractivity contribution in [3.05, 3.63) is 35.1 Å². The molecule has 2 rings (SSSR count). The highest BCUT2D eigenvalue weighted by molar-refractivity contribution is 8.00. The van der Waals surface area contributed by atoms with Gasteiger partial charge in [-0.05, 0) is 43.8 Å². The number of carbonyl (C=O) groups is 1. The van der Waals surface area contributed by atoms with E-state index in [2.05, 4.69) is 18.7 Å². The third-order valence-electron chi connectivity index (χ3n) is 4.32. The average molecular weight is 378 g/mol. The van der Waals surface area contributed by atoms with Gasteiger partial charge in [-0.2, -0.15) is 13.2 Å². The monoisotopic (exact) mass is 378 g/mol. The largest absolute Gasteiger partial charge is 0.419 e. The van der Waals surface area contributed by atoms with Crippen LogP contribution in [0.15, 0.2) is 18.2 Å². The molecule has 8 heteroatoms. The second-order valence-electron chi connectivity index (χ2n) is 5.87. The van der Waals surface area contributed by atoms with Crippen molar-refractivity contribution in [3.63, 3.8) is 0 Å². The molecule has 1 unspecified atom stereocenters. The first-order chi connectivity index (χ1) is 11.8. The zero-order chi connectivity index (χ0) is 18.6. The molecule has 1 saturated heterocycles. The molecule has 25 heavy (non-hydrogen) atoms. The van der Waals surface area contributed by atoms with Crippen LogP contribution in [-0.2, 0) is 11.0 Å². The van der Waals surface area contributed by atoms with E-state index in [0.717, 1.165) is 38.2 Å². The van der Waals surface area contributed by atoms with E-state index in [1.807, 2.05) is 0 Å². The molecule has 0 saturated carbocycles. The highest BCUT2D eigenvalue weighted by Gasteiger charge is 2.36. The summed E-state index contributed by atoms with van der Waals surface area (Å²) in [5.74, 6) is -1.10. The summed E-state index contributed by atoms with van der Waals surface area (Å²) in [6.07, 6.45) is -3.95. The van der Waals surface area contributed by atoms with Crippen LogP contribution in [0, 0.1) is 5.82 Å². The average Bonchev–Trinajstić information content (AvgIpc) is 2.91. The summed E-state index contributed by atoms with van der Waals surface area (Å²) in [4.78, 5) is 16.0. The van der Waals surface area contributed by atoms with Crippen LogP contribution in [0.1, 0.15) is 36.8 Å². The van der Waals surface area contributed by atoms with Crippen LogP contribution < -0.4 is 0 Å². The number of hydrogen-bond donors (Lipinski definition) is 0. The highest BCUT2D eigenvalue weighted by Crippen LogP contribution is 2.40. The van der Waals surface area contributed by atoms with Crippen molar-refractivity contribution >= 4 is 17.7 Å². The van der Waals surface area contributed by atoms with Crippen molar-refractivity contribution in [2.75, 3.05) is 31.9 Å². The molecule has 1 aliphatic rings. The number of rotatable bonds is 7. The number of hydrogen-bond acceptors (Lipinski definition) is 3. The van der Waals surface area contributed by atoms with Crippen LogP contribution in [0.5, 0.6) is 0 Å². The molecule has 3 nitrogen and oxygen atoms in total. The summed E-state index contributed by atoms with van der Waals surface area (Å²) in [7, 11) is 0. The molecule has 1 heterocycles. The van der Waals surface area contributed by atoms with Crippen LogP contribution in [-0.4, -0.2) is 47.6 Å². The van der Waals surface area contributed by atoms with Crippen molar-refractivity contribution in [1.29, 1.82) is 0 Å². The van der Waals surface area contributed by atoms with Gasteiger partial charge in [-0.3, -0.25) is 4.79 Å². The molecular weight excluding hydrogens is 356 g/mol. The zero-order valence-corrected chi connectivity index (χ0v) is 15.1. The minimum atomic E-state index is -4.72. The molecule has 140 valence electrons. The SMILES string of the molecule is CCN(CC)CCCN1C(=O)CSC1c1ccc(C(F)(F)F)c(F)c1. The molecule has 1 amide bonds. The second kappa shape index (κ2) is 8.40. The quantitative estimate of drug-likeness (QED) is 0.666. The first-order valence-corrected chi connectivity index (χ1v) is 9.32. The summed E-state index contributed by atoms with van der Waals surface area (Å²) in [6, 6.07) is 2.91. The lowest BCUT2D eigenvalue weighted by molar-refractivity contribution is -0.140. The van der Waals surface area contributed by atoms with Crippen molar-refractivity contribution < 1.29 is 22.4 Å². The minimum Gasteiger partial charge on any atom is -0.326 e. The molecule has 0 spiro atoms. The third kappa shape index (κ3) is 4.88. The van der Waals surface area contributed by atoms with Crippen LogP contribution >= 0.6 is 11.8 Å². The lowest BCUT2D eigenvalue weighted by Gasteiger charge is -2.26. The lowest BCUT2D eigenvalue weighted by atomic mass is 10.1. The topological polar surface area (TPSA) is 23.6 Å². The van der Waals surface area contributed by atoms with Gasteiger partial charge in [0.1, 0.15) is 11.2 Å². The van der Waals surface area contributed by atoms with Crippen LogP contribution in [0.3, 0.4) is 0 Å². The number of alkyl halides is 3. The van der Waals surface area contributed by atoms with Gasteiger partial charge in [-0.25, -0.2) is 4.39 Å². The number of thioether (sulfide) groups is 1. The molecule has 0 aromatic heterocycles. The van der Waals surface area contributed by atoms with Gasteiger partial charge in [0.2, 0.25) is 5.91 Å². The van der Waals surface area contributed by atoms with Gasteiger partial charge in [0, 0.05) is 6.54 Å². The minimum absolute atomic E-state index is 0.0603. The van der Waals surface area contributed by atoms with Gasteiger partial charge in [0.25, 0.3) is 0 Å². The molecule has 0 bridgehead atoms. The van der Waals surface area contributed by atoms with Gasteiger partial charge in [0.15, 0.2) is 0 Å². The van der Waals surface area contributed by atoms with Crippen LogP contribution in [0.4, 0.5) is 17.6 Å². The lowest BCUT2D eigenvalue weighted by Crippen LogP contribution is -2.32. The van der Waals surface area contributed by atoms with E-state index in [1.54, 1.807) is 4.90 Å². The molecule has 0 N–H and O–H groups in total. The van der Waals surface area contributed by atoms with E-state index < -0.39 is 22.9 Å². The maximum atomic E-state index is 13.8. The summed E-state index contributed by atoms with van der Waals surface area (Å²) in [6.45, 7) is 7.33. The zero-order valence-electron chi connectivity index (χ0n) is 14.3. The fraction of sp³-hybridized carbons (Fsp3) is 0.588. The molecular formula is C17H22F4N2OS. The Morgan fingerprint density at radius 1 is 1.28 bits per heavy atom. The molecule has 0 aliphatic carbocycles. The highest BCUT2D eigenvalue weighted by atomic mass is 32.2. The van der Waals surface area contributed by atoms with Crippen LogP contribution in [0.2, 0.25) is 0 Å². The van der Waals surface area contributed by atoms with Gasteiger partial charge < -0.3 is 9.80 Å². The van der Waals surface area contributed by atoms with E-state index in [4.69, 9.17) is 0 Å². The Labute approximate surface area is 149 Å². The first-order valence-electron chi connectivity index (χ1n) is 8.28. The van der Waals surface area contributed by atoms with E-state index in [9.17, 15) is 22.4 Å². The number of amides is 1. The number of nitrogens with zero attached hydrogens (tertiary/aromatic N) is 2. The number of carbonyl (C=O) groups excluding carboxylic acids is 1. The molecule has 1 aliphatic heterocycles. The summed E-state index contributed by atoms with van der Waals surface area (Å²) < 4.78 is 51.9. The molecule has 0 radical (unpaired) electrons. The van der Waals surface area contributed by atoms with E-state index in [-0.39, 0.29) is 11.7 Å². The Hall–Kier alpha value is -1.28. The van der Waals surface area contributed by atoms with Crippen LogP contribution in [0.25, 0.3) is 0 Å². The molecule has 1 aromatic rings.